The third kappa shape index (κ3) is 9.27. The zero-order valence-electron chi connectivity index (χ0n) is 11.8. The Kier molecular flexibility index (Phi) is 12.8. The van der Waals surface area contributed by atoms with E-state index in [9.17, 15) is 9.59 Å². The van der Waals surface area contributed by atoms with Gasteiger partial charge in [0.1, 0.15) is 4.32 Å². The molecule has 0 bridgehead atoms. The van der Waals surface area contributed by atoms with Gasteiger partial charge in [0, 0.05) is 0 Å². The highest BCUT2D eigenvalue weighted by atomic mass is 79.9. The molecular formula is C13H26BrClN2O2. The molecule has 114 valence electrons. The van der Waals surface area contributed by atoms with Crippen molar-refractivity contribution >= 4 is 40.3 Å². The number of nitrogens with two attached hydrogens (primary N) is 1. The molecule has 0 radical (unpaired) electrons. The molecule has 6 heteroatoms. The minimum absolute atomic E-state index is 0. The van der Waals surface area contributed by atoms with E-state index < -0.39 is 10.4 Å². The van der Waals surface area contributed by atoms with Crippen LogP contribution < -0.4 is 11.1 Å². The van der Waals surface area contributed by atoms with Crippen molar-refractivity contribution < 1.29 is 9.59 Å². The van der Waals surface area contributed by atoms with Crippen LogP contribution in [-0.2, 0) is 4.79 Å². The number of carbonyl (C=O) groups excluding carboxylic acids is 2. The molecule has 4 nitrogen and oxygen atoms in total. The topological polar surface area (TPSA) is 72.2 Å². The van der Waals surface area contributed by atoms with E-state index in [4.69, 9.17) is 5.73 Å². The fourth-order valence-electron chi connectivity index (χ4n) is 1.86. The zero-order valence-corrected chi connectivity index (χ0v) is 14.2. The molecule has 3 amide bonds. The molecule has 0 saturated heterocycles. The van der Waals surface area contributed by atoms with Gasteiger partial charge in [-0.3, -0.25) is 10.1 Å². The van der Waals surface area contributed by atoms with Crippen LogP contribution in [0.15, 0.2) is 0 Å². The molecule has 0 aliphatic heterocycles. The molecule has 0 aromatic carbocycles. The Hall–Kier alpha value is -0.290. The number of hydrogen-bond acceptors (Lipinski definition) is 2. The van der Waals surface area contributed by atoms with E-state index in [1.807, 2.05) is 19.2 Å². The van der Waals surface area contributed by atoms with Crippen molar-refractivity contribution in [3.63, 3.8) is 0 Å². The van der Waals surface area contributed by atoms with Crippen molar-refractivity contribution in [2.75, 3.05) is 0 Å². The van der Waals surface area contributed by atoms with Crippen molar-refractivity contribution in [2.24, 2.45) is 5.73 Å². The molecular weight excluding hydrogens is 332 g/mol. The first-order chi connectivity index (χ1) is 8.46. The summed E-state index contributed by atoms with van der Waals surface area (Å²) in [6, 6.07) is -0.814. The van der Waals surface area contributed by atoms with E-state index in [0.717, 1.165) is 0 Å². The quantitative estimate of drug-likeness (QED) is 0.752. The maximum Gasteiger partial charge on any atom is 0.318 e. The molecule has 0 spiro atoms. The van der Waals surface area contributed by atoms with Gasteiger partial charge in [-0.05, 0) is 12.8 Å². The molecule has 1 fully saturated rings. The highest BCUT2D eigenvalue weighted by Crippen LogP contribution is 2.26. The first-order valence-corrected chi connectivity index (χ1v) is 7.55. The van der Waals surface area contributed by atoms with Crippen LogP contribution in [0.1, 0.15) is 65.2 Å². The van der Waals surface area contributed by atoms with Gasteiger partial charge in [0.25, 0.3) is 0 Å². The lowest BCUT2D eigenvalue weighted by molar-refractivity contribution is -0.122. The average molecular weight is 358 g/mol. The molecule has 1 aliphatic rings. The van der Waals surface area contributed by atoms with E-state index in [1.165, 1.54) is 38.5 Å². The SMILES string of the molecule is C1CCCCC1.CCC(Br)(CC)C(=O)NC(N)=O.Cl. The fourth-order valence-corrected chi connectivity index (χ4v) is 1.95. The molecule has 0 aromatic heterocycles. The van der Waals surface area contributed by atoms with E-state index >= 15 is 0 Å². The second-order valence-corrected chi connectivity index (χ2v) is 6.13. The number of imide groups is 1. The van der Waals surface area contributed by atoms with Gasteiger partial charge in [0.05, 0.1) is 0 Å². The first-order valence-electron chi connectivity index (χ1n) is 6.76. The maximum absolute atomic E-state index is 11.3. The van der Waals surface area contributed by atoms with Crippen molar-refractivity contribution in [3.8, 4) is 0 Å². The van der Waals surface area contributed by atoms with Crippen LogP contribution in [0.4, 0.5) is 4.79 Å². The minimum Gasteiger partial charge on any atom is -0.351 e. The van der Waals surface area contributed by atoms with Gasteiger partial charge in [-0.15, -0.1) is 12.4 Å². The van der Waals surface area contributed by atoms with Gasteiger partial charge in [-0.25, -0.2) is 4.79 Å². The summed E-state index contributed by atoms with van der Waals surface area (Å²) in [5, 5.41) is 2.04. The first kappa shape index (κ1) is 21.0. The summed E-state index contributed by atoms with van der Waals surface area (Å²) in [6.45, 7) is 3.72. The summed E-state index contributed by atoms with van der Waals surface area (Å²) in [7, 11) is 0. The number of primary amides is 1. The van der Waals surface area contributed by atoms with E-state index in [2.05, 4.69) is 15.9 Å². The van der Waals surface area contributed by atoms with Crippen LogP contribution in [0.25, 0.3) is 0 Å². The normalized spacial score (nSPS) is 14.5. The number of hydrogen-bond donors (Lipinski definition) is 2. The van der Waals surface area contributed by atoms with Crippen molar-refractivity contribution in [3.05, 3.63) is 0 Å². The number of carbonyl (C=O) groups is 2. The second kappa shape index (κ2) is 11.5. The standard InChI is InChI=1S/C7H13BrN2O2.C6H12.ClH/c1-3-7(8,4-2)5(11)10-6(9)12;1-2-4-6-5-3-1;/h3-4H2,1-2H3,(H3,9,10,11,12);1-6H2;1H. The summed E-state index contributed by atoms with van der Waals surface area (Å²) >= 11 is 3.26. The highest BCUT2D eigenvalue weighted by molar-refractivity contribution is 9.10. The average Bonchev–Trinajstić information content (AvgIpc) is 2.39. The summed E-state index contributed by atoms with van der Waals surface area (Å²) in [4.78, 5) is 21.6. The molecule has 1 saturated carbocycles. The third-order valence-corrected chi connectivity index (χ3v) is 4.75. The molecule has 3 N–H and O–H groups in total. The van der Waals surface area contributed by atoms with Crippen molar-refractivity contribution in [1.29, 1.82) is 0 Å². The molecule has 1 aliphatic carbocycles. The molecule has 0 aromatic rings. The van der Waals surface area contributed by atoms with Crippen LogP contribution in [0.3, 0.4) is 0 Å². The molecule has 0 atom stereocenters. The number of halogens is 2. The molecule has 0 unspecified atom stereocenters. The van der Waals surface area contributed by atoms with Crippen LogP contribution in [-0.4, -0.2) is 16.3 Å². The highest BCUT2D eigenvalue weighted by Gasteiger charge is 2.32. The van der Waals surface area contributed by atoms with Gasteiger partial charge in [0.2, 0.25) is 5.91 Å². The summed E-state index contributed by atoms with van der Waals surface area (Å²) in [5.74, 6) is -0.375. The van der Waals surface area contributed by atoms with E-state index in [1.54, 1.807) is 0 Å². The zero-order chi connectivity index (χ0) is 14.0. The molecule has 1 rings (SSSR count). The number of amides is 3. The van der Waals surface area contributed by atoms with Crippen molar-refractivity contribution in [2.45, 2.75) is 69.5 Å². The minimum atomic E-state index is -0.814. The predicted molar refractivity (Wildman–Crippen MR) is 84.9 cm³/mol. The summed E-state index contributed by atoms with van der Waals surface area (Å²) < 4.78 is -0.665. The van der Waals surface area contributed by atoms with Gasteiger partial charge < -0.3 is 5.73 Å². The smallest absolute Gasteiger partial charge is 0.318 e. The lowest BCUT2D eigenvalue weighted by atomic mass is 10.0. The van der Waals surface area contributed by atoms with Gasteiger partial charge in [-0.1, -0.05) is 68.3 Å². The number of alkyl halides is 1. The number of nitrogens with one attached hydrogen (secondary N) is 1. The Balaban J connectivity index is 0. The Labute approximate surface area is 130 Å². The predicted octanol–water partition coefficient (Wildman–Crippen LogP) is 3.90. The van der Waals surface area contributed by atoms with Gasteiger partial charge in [0.15, 0.2) is 0 Å². The van der Waals surface area contributed by atoms with E-state index in [-0.39, 0.29) is 18.3 Å². The van der Waals surface area contributed by atoms with Crippen LogP contribution >= 0.6 is 28.3 Å². The van der Waals surface area contributed by atoms with E-state index in [0.29, 0.717) is 12.8 Å². The monoisotopic (exact) mass is 356 g/mol. The van der Waals surface area contributed by atoms with Crippen LogP contribution in [0.5, 0.6) is 0 Å². The van der Waals surface area contributed by atoms with Crippen molar-refractivity contribution in [1.82, 2.24) is 5.32 Å². The maximum atomic E-state index is 11.3. The Morgan fingerprint density at radius 1 is 1.05 bits per heavy atom. The third-order valence-electron chi connectivity index (χ3n) is 3.26. The Morgan fingerprint density at radius 2 is 1.37 bits per heavy atom. The summed E-state index contributed by atoms with van der Waals surface area (Å²) in [6.07, 6.45) is 10.2. The largest absolute Gasteiger partial charge is 0.351 e. The number of rotatable bonds is 3. The fraction of sp³-hybridized carbons (Fsp3) is 0.846. The molecule has 19 heavy (non-hydrogen) atoms. The number of urea groups is 1. The lowest BCUT2D eigenvalue weighted by Gasteiger charge is -2.21. The van der Waals surface area contributed by atoms with Crippen LogP contribution in [0.2, 0.25) is 0 Å². The molecule has 0 heterocycles. The van der Waals surface area contributed by atoms with Crippen LogP contribution in [0, 0.1) is 0 Å². The van der Waals surface area contributed by atoms with Gasteiger partial charge in [-0.2, -0.15) is 0 Å². The Bertz CT molecular complexity index is 256. The van der Waals surface area contributed by atoms with Gasteiger partial charge >= 0.3 is 6.03 Å². The lowest BCUT2D eigenvalue weighted by Crippen LogP contribution is -2.46. The summed E-state index contributed by atoms with van der Waals surface area (Å²) in [5.41, 5.74) is 4.81. The second-order valence-electron chi connectivity index (χ2n) is 4.61. The Morgan fingerprint density at radius 3 is 1.58 bits per heavy atom.